The Bertz CT molecular complexity index is 1490. The van der Waals surface area contributed by atoms with Crippen molar-refractivity contribution in [3.63, 3.8) is 0 Å². The summed E-state index contributed by atoms with van der Waals surface area (Å²) in [7, 11) is -2.02. The molecule has 2 N–H and O–H groups in total. The summed E-state index contributed by atoms with van der Waals surface area (Å²) in [6, 6.07) is 13.1. The highest BCUT2D eigenvalue weighted by atomic mass is 32.2. The number of pyridine rings is 1. The van der Waals surface area contributed by atoms with Crippen molar-refractivity contribution < 1.29 is 17.9 Å². The number of sulfonamides is 1. The number of aryl methyl sites for hydroxylation is 1. The molecule has 2 aliphatic rings. The van der Waals surface area contributed by atoms with Crippen molar-refractivity contribution in [2.45, 2.75) is 38.9 Å². The van der Waals surface area contributed by atoms with Gasteiger partial charge in [-0.05, 0) is 74.4 Å². The van der Waals surface area contributed by atoms with Crippen LogP contribution in [0.1, 0.15) is 41.1 Å². The lowest BCUT2D eigenvalue weighted by atomic mass is 9.96. The molecule has 12 heteroatoms. The van der Waals surface area contributed by atoms with E-state index >= 15 is 0 Å². The largest absolute Gasteiger partial charge is 0.495 e. The van der Waals surface area contributed by atoms with Crippen LogP contribution >= 0.6 is 12.2 Å². The summed E-state index contributed by atoms with van der Waals surface area (Å²) >= 11 is 5.91. The number of thiocarbonyl (C=S) groups is 1. The number of methoxy groups -OCH3 is 1. The van der Waals surface area contributed by atoms with E-state index < -0.39 is 10.0 Å². The van der Waals surface area contributed by atoms with Gasteiger partial charge in [0.15, 0.2) is 5.11 Å². The molecule has 5 rings (SSSR count). The number of hydrogen-bond acceptors (Lipinski definition) is 7. The van der Waals surface area contributed by atoms with E-state index in [0.29, 0.717) is 16.5 Å². The Kier molecular flexibility index (Phi) is 8.83. The molecule has 4 heterocycles. The molecule has 0 radical (unpaired) electrons. The molecule has 10 nitrogen and oxygen atoms in total. The fourth-order valence-corrected chi connectivity index (χ4v) is 6.73. The Morgan fingerprint density at radius 3 is 2.61 bits per heavy atom. The summed E-state index contributed by atoms with van der Waals surface area (Å²) in [6.07, 6.45) is 3.95. The lowest BCUT2D eigenvalue weighted by Crippen LogP contribution is -2.37. The molecule has 0 amide bonds. The number of hydrogen-bond donors (Lipinski definition) is 2. The van der Waals surface area contributed by atoms with Gasteiger partial charge in [0.25, 0.3) is 0 Å². The number of nitrogens with zero attached hydrogens (tertiary/aromatic N) is 4. The number of anilines is 2. The van der Waals surface area contributed by atoms with Gasteiger partial charge in [0.1, 0.15) is 5.75 Å². The molecule has 0 saturated carbocycles. The highest BCUT2D eigenvalue weighted by molar-refractivity contribution is 7.92. The number of nitrogens with one attached hydrogen (secondary N) is 2. The zero-order valence-electron chi connectivity index (χ0n) is 24.0. The van der Waals surface area contributed by atoms with E-state index in [1.165, 1.54) is 18.5 Å². The quantitative estimate of drug-likeness (QED) is 0.338. The summed E-state index contributed by atoms with van der Waals surface area (Å²) in [5.74, 6) is 0.425. The van der Waals surface area contributed by atoms with Gasteiger partial charge < -0.3 is 24.3 Å². The minimum Gasteiger partial charge on any atom is -0.495 e. The molecule has 2 saturated heterocycles. The molecule has 2 aliphatic heterocycles. The van der Waals surface area contributed by atoms with Gasteiger partial charge >= 0.3 is 0 Å². The molecule has 0 unspecified atom stereocenters. The van der Waals surface area contributed by atoms with E-state index in [0.717, 1.165) is 69.0 Å². The minimum absolute atomic E-state index is 0.209. The molecule has 220 valence electrons. The van der Waals surface area contributed by atoms with E-state index in [4.69, 9.17) is 21.7 Å². The fourth-order valence-electron chi connectivity index (χ4n) is 5.82. The first-order valence-electron chi connectivity index (χ1n) is 13.8. The SMILES string of the molecule is COc1ccc(N2C(=S)N[C@H](c3ccccn3)[C@H]2c2cc(C)n(CCCN3CCOCC3)c2C)cc1NS(C)(=O)=O. The van der Waals surface area contributed by atoms with Gasteiger partial charge in [-0.1, -0.05) is 6.07 Å². The van der Waals surface area contributed by atoms with Crippen LogP contribution in [0.5, 0.6) is 5.75 Å². The summed E-state index contributed by atoms with van der Waals surface area (Å²) in [6.45, 7) is 9.84. The third-order valence-electron chi connectivity index (χ3n) is 7.75. The van der Waals surface area contributed by atoms with Crippen molar-refractivity contribution in [3.8, 4) is 5.75 Å². The summed E-state index contributed by atoms with van der Waals surface area (Å²) < 4.78 is 40.1. The fraction of sp³-hybridized carbons (Fsp3) is 0.448. The zero-order valence-corrected chi connectivity index (χ0v) is 25.6. The zero-order chi connectivity index (χ0) is 29.1. The van der Waals surface area contributed by atoms with Crippen LogP contribution in [0.25, 0.3) is 0 Å². The molecule has 0 spiro atoms. The molecule has 3 aromatic rings. The smallest absolute Gasteiger partial charge is 0.229 e. The van der Waals surface area contributed by atoms with Crippen molar-refractivity contribution in [1.29, 1.82) is 0 Å². The van der Waals surface area contributed by atoms with Crippen molar-refractivity contribution in [1.82, 2.24) is 19.8 Å². The molecule has 1 aromatic carbocycles. The first kappa shape index (κ1) is 29.3. The van der Waals surface area contributed by atoms with Gasteiger partial charge in [-0.2, -0.15) is 0 Å². The first-order valence-corrected chi connectivity index (χ1v) is 16.1. The molecular formula is C29H38N6O4S2. The molecular weight excluding hydrogens is 560 g/mol. The van der Waals surface area contributed by atoms with Crippen LogP contribution in [-0.2, 0) is 21.3 Å². The van der Waals surface area contributed by atoms with Gasteiger partial charge in [-0.15, -0.1) is 0 Å². The van der Waals surface area contributed by atoms with E-state index in [9.17, 15) is 8.42 Å². The second-order valence-corrected chi connectivity index (χ2v) is 12.7. The van der Waals surface area contributed by atoms with Crippen LogP contribution in [0.4, 0.5) is 11.4 Å². The molecule has 2 atom stereocenters. The van der Waals surface area contributed by atoms with Crippen molar-refractivity contribution in [2.24, 2.45) is 0 Å². The number of morpholine rings is 1. The topological polar surface area (TPSA) is 101 Å². The second-order valence-electron chi connectivity index (χ2n) is 10.5. The van der Waals surface area contributed by atoms with E-state index in [2.05, 4.69) is 49.3 Å². The predicted octanol–water partition coefficient (Wildman–Crippen LogP) is 3.78. The van der Waals surface area contributed by atoms with Gasteiger partial charge in [-0.25, -0.2) is 8.42 Å². The predicted molar refractivity (Wildman–Crippen MR) is 165 cm³/mol. The first-order chi connectivity index (χ1) is 19.7. The molecule has 0 aliphatic carbocycles. The Balaban J connectivity index is 1.52. The van der Waals surface area contributed by atoms with Gasteiger partial charge in [-0.3, -0.25) is 14.6 Å². The number of ether oxygens (including phenoxy) is 2. The van der Waals surface area contributed by atoms with E-state index in [-0.39, 0.29) is 12.1 Å². The van der Waals surface area contributed by atoms with E-state index in [1.54, 1.807) is 18.3 Å². The van der Waals surface area contributed by atoms with Gasteiger partial charge in [0.2, 0.25) is 10.0 Å². The summed E-state index contributed by atoms with van der Waals surface area (Å²) in [4.78, 5) is 9.19. The monoisotopic (exact) mass is 598 g/mol. The molecule has 0 bridgehead atoms. The third kappa shape index (κ3) is 6.50. The van der Waals surface area contributed by atoms with Gasteiger partial charge in [0, 0.05) is 49.5 Å². The van der Waals surface area contributed by atoms with Crippen molar-refractivity contribution in [2.75, 3.05) is 55.8 Å². The minimum atomic E-state index is -3.53. The Labute approximate surface area is 247 Å². The van der Waals surface area contributed by atoms with Crippen LogP contribution < -0.4 is 19.7 Å². The average molecular weight is 599 g/mol. The lowest BCUT2D eigenvalue weighted by Gasteiger charge is -2.29. The maximum absolute atomic E-state index is 12.1. The highest BCUT2D eigenvalue weighted by Crippen LogP contribution is 2.44. The Morgan fingerprint density at radius 1 is 1.15 bits per heavy atom. The number of rotatable bonds is 10. The van der Waals surface area contributed by atoms with Crippen molar-refractivity contribution in [3.05, 3.63) is 71.3 Å². The normalized spacial score (nSPS) is 19.8. The lowest BCUT2D eigenvalue weighted by molar-refractivity contribution is 0.0369. The Hall–Kier alpha value is -3.19. The summed E-state index contributed by atoms with van der Waals surface area (Å²) in [5.41, 5.74) is 5.48. The Morgan fingerprint density at radius 2 is 1.93 bits per heavy atom. The maximum Gasteiger partial charge on any atom is 0.229 e. The van der Waals surface area contributed by atoms with Crippen LogP contribution in [0, 0.1) is 13.8 Å². The van der Waals surface area contributed by atoms with Crippen molar-refractivity contribution >= 4 is 38.7 Å². The van der Waals surface area contributed by atoms with Crippen LogP contribution in [-0.4, -0.2) is 74.2 Å². The van der Waals surface area contributed by atoms with Crippen LogP contribution in [0.2, 0.25) is 0 Å². The standard InChI is InChI=1S/C29H38N6O4S2/c1-20-18-23(21(2)34(20)13-7-12-33-14-16-39-17-15-33)28-27(24-8-5-6-11-30-24)31-29(40)35(28)22-9-10-26(38-3)25(19-22)32-41(4,36)37/h5-6,8-11,18-19,27-28,32H,7,12-17H2,1-4H3,(H,31,40)/t27-,28-/m1/s1. The third-order valence-corrected chi connectivity index (χ3v) is 8.65. The number of aromatic nitrogens is 2. The van der Waals surface area contributed by atoms with Crippen LogP contribution in [0.15, 0.2) is 48.7 Å². The second kappa shape index (κ2) is 12.4. The van der Waals surface area contributed by atoms with Gasteiger partial charge in [0.05, 0.1) is 50.0 Å². The summed E-state index contributed by atoms with van der Waals surface area (Å²) in [5, 5.41) is 4.04. The highest BCUT2D eigenvalue weighted by Gasteiger charge is 2.42. The maximum atomic E-state index is 12.1. The van der Waals surface area contributed by atoms with E-state index in [1.807, 2.05) is 24.3 Å². The van der Waals surface area contributed by atoms with Crippen LogP contribution in [0.3, 0.4) is 0 Å². The average Bonchev–Trinajstić information content (AvgIpc) is 3.44. The molecule has 41 heavy (non-hydrogen) atoms. The molecule has 2 fully saturated rings. The molecule has 2 aromatic heterocycles. The number of benzene rings is 1.